The molecule has 13 heavy (non-hydrogen) atoms. The molecule has 0 aliphatic heterocycles. The van der Waals surface area contributed by atoms with Gasteiger partial charge in [0.25, 0.3) is 0 Å². The minimum absolute atomic E-state index is 0.239. The zero-order valence-corrected chi connectivity index (χ0v) is 8.25. The van der Waals surface area contributed by atoms with E-state index >= 15 is 0 Å². The summed E-state index contributed by atoms with van der Waals surface area (Å²) in [6.07, 6.45) is 3.36. The molecule has 0 saturated carbocycles. The lowest BCUT2D eigenvalue weighted by Crippen LogP contribution is -1.77. The molecule has 3 nitrogen and oxygen atoms in total. The minimum Gasteiger partial charge on any atom is -0.507 e. The van der Waals surface area contributed by atoms with E-state index in [2.05, 4.69) is 25.9 Å². The molecular weight excluding hydrogens is 232 g/mol. The molecule has 0 spiro atoms. The highest BCUT2D eigenvalue weighted by Gasteiger charge is 2.02. The molecule has 0 fully saturated rings. The summed E-state index contributed by atoms with van der Waals surface area (Å²) < 4.78 is 0.680. The molecule has 0 amide bonds. The summed E-state index contributed by atoms with van der Waals surface area (Å²) in [5.74, 6) is 0.239. The van der Waals surface area contributed by atoms with E-state index in [9.17, 15) is 5.11 Å². The maximum atomic E-state index is 9.27. The summed E-state index contributed by atoms with van der Waals surface area (Å²) in [6.45, 7) is 0. The summed E-state index contributed by atoms with van der Waals surface area (Å²) >= 11 is 3.25. The zero-order valence-electron chi connectivity index (χ0n) is 6.66. The van der Waals surface area contributed by atoms with Gasteiger partial charge in [-0.2, -0.15) is 0 Å². The fraction of sp³-hybridized carbons (Fsp3) is 0. The molecule has 1 aromatic carbocycles. The largest absolute Gasteiger partial charge is 0.507 e. The van der Waals surface area contributed by atoms with E-state index in [1.54, 1.807) is 18.6 Å². The third-order valence-corrected chi connectivity index (χ3v) is 2.39. The third kappa shape index (κ3) is 1.58. The second kappa shape index (κ2) is 3.22. The normalized spacial score (nSPS) is 10.2. The number of nitrogens with one attached hydrogen (secondary N) is 1. The van der Waals surface area contributed by atoms with E-state index in [1.165, 1.54) is 0 Å². The topological polar surface area (TPSA) is 48.9 Å². The smallest absolute Gasteiger partial charge is 0.129 e. The number of hydrogen-bond donors (Lipinski definition) is 2. The molecule has 0 aliphatic rings. The number of hydrogen-bond acceptors (Lipinski definition) is 2. The van der Waals surface area contributed by atoms with Crippen LogP contribution in [0.2, 0.25) is 0 Å². The molecule has 2 aromatic rings. The minimum atomic E-state index is 0.239. The predicted octanol–water partition coefficient (Wildman–Crippen LogP) is 2.54. The van der Waals surface area contributed by atoms with Crippen molar-refractivity contribution < 1.29 is 5.11 Å². The highest BCUT2D eigenvalue weighted by molar-refractivity contribution is 9.10. The van der Waals surface area contributed by atoms with E-state index in [4.69, 9.17) is 0 Å². The molecule has 66 valence electrons. The van der Waals surface area contributed by atoms with Crippen molar-refractivity contribution in [1.82, 2.24) is 9.97 Å². The number of benzene rings is 1. The first-order chi connectivity index (χ1) is 6.27. The van der Waals surface area contributed by atoms with Crippen LogP contribution in [0.25, 0.3) is 11.3 Å². The molecular formula is C9H7BrN2O. The van der Waals surface area contributed by atoms with Crippen LogP contribution in [0.1, 0.15) is 0 Å². The number of rotatable bonds is 1. The Kier molecular flexibility index (Phi) is 2.06. The molecule has 0 bridgehead atoms. The SMILES string of the molecule is Oc1ccc(-c2cnc[nH]2)cc1Br. The van der Waals surface area contributed by atoms with Crippen LogP contribution < -0.4 is 0 Å². The first-order valence-electron chi connectivity index (χ1n) is 3.74. The quantitative estimate of drug-likeness (QED) is 0.803. The van der Waals surface area contributed by atoms with Gasteiger partial charge in [0.05, 0.1) is 22.7 Å². The van der Waals surface area contributed by atoms with Gasteiger partial charge in [-0.15, -0.1) is 0 Å². The van der Waals surface area contributed by atoms with Crippen LogP contribution >= 0.6 is 15.9 Å². The number of aromatic hydroxyl groups is 1. The highest BCUT2D eigenvalue weighted by atomic mass is 79.9. The van der Waals surface area contributed by atoms with Crippen LogP contribution in [0.5, 0.6) is 5.75 Å². The second-order valence-corrected chi connectivity index (χ2v) is 3.49. The van der Waals surface area contributed by atoms with Crippen LogP contribution in [0, 0.1) is 0 Å². The summed E-state index contributed by atoms with van der Waals surface area (Å²) in [6, 6.07) is 5.30. The van der Waals surface area contributed by atoms with Crippen molar-refractivity contribution in [1.29, 1.82) is 0 Å². The maximum absolute atomic E-state index is 9.27. The van der Waals surface area contributed by atoms with Crippen LogP contribution in [0.4, 0.5) is 0 Å². The molecule has 2 rings (SSSR count). The Balaban J connectivity index is 2.49. The third-order valence-electron chi connectivity index (χ3n) is 1.76. The molecule has 0 saturated heterocycles. The number of phenolic OH excluding ortho intramolecular Hbond substituents is 1. The summed E-state index contributed by atoms with van der Waals surface area (Å²) in [5.41, 5.74) is 1.92. The Labute approximate surface area is 83.6 Å². The first kappa shape index (κ1) is 8.31. The molecule has 0 unspecified atom stereocenters. The molecule has 0 atom stereocenters. The van der Waals surface area contributed by atoms with Crippen LogP contribution in [0.3, 0.4) is 0 Å². The monoisotopic (exact) mass is 238 g/mol. The van der Waals surface area contributed by atoms with Gasteiger partial charge in [0.2, 0.25) is 0 Å². The van der Waals surface area contributed by atoms with E-state index in [-0.39, 0.29) is 5.75 Å². The van der Waals surface area contributed by atoms with E-state index < -0.39 is 0 Å². The number of aromatic nitrogens is 2. The van der Waals surface area contributed by atoms with Gasteiger partial charge >= 0.3 is 0 Å². The zero-order chi connectivity index (χ0) is 9.26. The fourth-order valence-electron chi connectivity index (χ4n) is 1.09. The van der Waals surface area contributed by atoms with Crippen LogP contribution in [-0.4, -0.2) is 15.1 Å². The summed E-state index contributed by atoms with van der Waals surface area (Å²) in [5, 5.41) is 9.27. The maximum Gasteiger partial charge on any atom is 0.129 e. The highest BCUT2D eigenvalue weighted by Crippen LogP contribution is 2.28. The van der Waals surface area contributed by atoms with Gasteiger partial charge in [-0.3, -0.25) is 0 Å². The lowest BCUT2D eigenvalue weighted by molar-refractivity contribution is 0.472. The molecule has 1 aromatic heterocycles. The first-order valence-corrected chi connectivity index (χ1v) is 4.54. The van der Waals surface area contributed by atoms with Crippen molar-refractivity contribution >= 4 is 15.9 Å². The Bertz CT molecular complexity index is 412. The number of halogens is 1. The van der Waals surface area contributed by atoms with Gasteiger partial charge in [0.1, 0.15) is 5.75 Å². The number of nitrogens with zero attached hydrogens (tertiary/aromatic N) is 1. The van der Waals surface area contributed by atoms with Crippen LogP contribution in [-0.2, 0) is 0 Å². The Hall–Kier alpha value is -1.29. The average Bonchev–Trinajstić information content (AvgIpc) is 2.62. The summed E-state index contributed by atoms with van der Waals surface area (Å²) in [7, 11) is 0. The van der Waals surface area contributed by atoms with Crippen molar-refractivity contribution in [3.05, 3.63) is 35.2 Å². The molecule has 4 heteroatoms. The van der Waals surface area contributed by atoms with Crippen molar-refractivity contribution in [3.63, 3.8) is 0 Å². The Morgan fingerprint density at radius 1 is 1.38 bits per heavy atom. The molecule has 0 radical (unpaired) electrons. The standard InChI is InChI=1S/C9H7BrN2O/c10-7-3-6(1-2-9(7)13)8-4-11-5-12-8/h1-5,13H,(H,11,12). The van der Waals surface area contributed by atoms with Crippen molar-refractivity contribution in [2.45, 2.75) is 0 Å². The van der Waals surface area contributed by atoms with Crippen molar-refractivity contribution in [3.8, 4) is 17.0 Å². The Morgan fingerprint density at radius 3 is 2.85 bits per heavy atom. The average molecular weight is 239 g/mol. The lowest BCUT2D eigenvalue weighted by Gasteiger charge is -2.00. The van der Waals surface area contributed by atoms with Crippen molar-refractivity contribution in [2.24, 2.45) is 0 Å². The van der Waals surface area contributed by atoms with Gasteiger partial charge in [0, 0.05) is 5.56 Å². The fourth-order valence-corrected chi connectivity index (χ4v) is 1.47. The second-order valence-electron chi connectivity index (χ2n) is 2.63. The van der Waals surface area contributed by atoms with E-state index in [1.807, 2.05) is 12.1 Å². The number of phenols is 1. The van der Waals surface area contributed by atoms with Gasteiger partial charge in [0.15, 0.2) is 0 Å². The Morgan fingerprint density at radius 2 is 2.23 bits per heavy atom. The van der Waals surface area contributed by atoms with Crippen LogP contribution in [0.15, 0.2) is 35.2 Å². The van der Waals surface area contributed by atoms with Gasteiger partial charge in [-0.25, -0.2) is 4.98 Å². The predicted molar refractivity (Wildman–Crippen MR) is 53.4 cm³/mol. The number of aromatic amines is 1. The molecule has 0 aliphatic carbocycles. The lowest BCUT2D eigenvalue weighted by atomic mass is 10.2. The van der Waals surface area contributed by atoms with E-state index in [0.717, 1.165) is 11.3 Å². The van der Waals surface area contributed by atoms with E-state index in [0.29, 0.717) is 4.47 Å². The number of imidazole rings is 1. The van der Waals surface area contributed by atoms with Gasteiger partial charge < -0.3 is 10.1 Å². The van der Waals surface area contributed by atoms with Crippen molar-refractivity contribution in [2.75, 3.05) is 0 Å². The molecule has 1 heterocycles. The molecule has 2 N–H and O–H groups in total. The number of H-pyrrole nitrogens is 1. The van der Waals surface area contributed by atoms with Gasteiger partial charge in [-0.1, -0.05) is 0 Å². The van der Waals surface area contributed by atoms with Gasteiger partial charge in [-0.05, 0) is 34.1 Å². The summed E-state index contributed by atoms with van der Waals surface area (Å²) in [4.78, 5) is 6.90.